The van der Waals surface area contributed by atoms with Crippen LogP contribution in [0.5, 0.6) is 0 Å². The molecule has 6 heteroatoms. The zero-order chi connectivity index (χ0) is 10.6. The number of ether oxygens (including phenoxy) is 1. The van der Waals surface area contributed by atoms with Gasteiger partial charge in [-0.15, -0.1) is 0 Å². The van der Waals surface area contributed by atoms with E-state index in [0.29, 0.717) is 0 Å². The number of esters is 1. The van der Waals surface area contributed by atoms with E-state index >= 15 is 0 Å². The van der Waals surface area contributed by atoms with Gasteiger partial charge in [-0.1, -0.05) is 0 Å². The molecule has 0 aromatic rings. The van der Waals surface area contributed by atoms with Gasteiger partial charge in [0.05, 0.1) is 13.2 Å². The fraction of sp³-hybridized carbons (Fsp3) is 0.625. The van der Waals surface area contributed by atoms with Crippen molar-refractivity contribution in [3.63, 3.8) is 0 Å². The Morgan fingerprint density at radius 1 is 1.57 bits per heavy atom. The predicted octanol–water partition coefficient (Wildman–Crippen LogP) is -1.49. The monoisotopic (exact) mass is 200 g/mol. The molecule has 0 spiro atoms. The fourth-order valence-corrected chi connectivity index (χ4v) is 1.11. The Bertz CT molecular complexity index is 264. The quantitative estimate of drug-likeness (QED) is 0.563. The van der Waals surface area contributed by atoms with Crippen LogP contribution in [0.25, 0.3) is 0 Å². The van der Waals surface area contributed by atoms with Crippen LogP contribution < -0.4 is 5.32 Å². The average molecular weight is 200 g/mol. The Morgan fingerprint density at radius 3 is 2.93 bits per heavy atom. The number of amides is 2. The van der Waals surface area contributed by atoms with Crippen LogP contribution in [0.4, 0.5) is 0 Å². The third-order valence-electron chi connectivity index (χ3n) is 1.75. The molecule has 1 heterocycles. The van der Waals surface area contributed by atoms with Crippen LogP contribution >= 0.6 is 0 Å². The Morgan fingerprint density at radius 2 is 2.29 bits per heavy atom. The van der Waals surface area contributed by atoms with Crippen LogP contribution in [-0.4, -0.2) is 48.9 Å². The summed E-state index contributed by atoms with van der Waals surface area (Å²) in [7, 11) is 0. The second-order valence-corrected chi connectivity index (χ2v) is 2.83. The van der Waals surface area contributed by atoms with E-state index in [1.54, 1.807) is 6.92 Å². The molecule has 14 heavy (non-hydrogen) atoms. The lowest BCUT2D eigenvalue weighted by atomic mass is 10.3. The molecule has 0 aromatic carbocycles. The first-order valence-electron chi connectivity index (χ1n) is 4.33. The number of rotatable bonds is 3. The van der Waals surface area contributed by atoms with Gasteiger partial charge in [0.2, 0.25) is 11.8 Å². The smallest absolute Gasteiger partial charge is 0.325 e. The van der Waals surface area contributed by atoms with Gasteiger partial charge in [0.15, 0.2) is 0 Å². The Balaban J connectivity index is 2.45. The normalized spacial score (nSPS) is 16.5. The van der Waals surface area contributed by atoms with E-state index in [1.165, 1.54) is 4.90 Å². The summed E-state index contributed by atoms with van der Waals surface area (Å²) in [5, 5.41) is 2.38. The molecule has 6 nitrogen and oxygen atoms in total. The molecule has 0 unspecified atom stereocenters. The molecule has 0 saturated carbocycles. The molecule has 1 aliphatic rings. The summed E-state index contributed by atoms with van der Waals surface area (Å²) in [6.07, 6.45) is 0. The molecule has 1 N–H and O–H groups in total. The van der Waals surface area contributed by atoms with E-state index in [2.05, 4.69) is 10.1 Å². The summed E-state index contributed by atoms with van der Waals surface area (Å²) in [5.74, 6) is -1.01. The first-order chi connectivity index (χ1) is 6.63. The maximum atomic E-state index is 11.2. The summed E-state index contributed by atoms with van der Waals surface area (Å²) < 4.78 is 4.66. The highest BCUT2D eigenvalue weighted by atomic mass is 16.5. The van der Waals surface area contributed by atoms with E-state index in [0.717, 1.165) is 0 Å². The molecule has 1 rings (SSSR count). The van der Waals surface area contributed by atoms with Gasteiger partial charge in [-0.25, -0.2) is 0 Å². The molecule has 0 aromatic heterocycles. The van der Waals surface area contributed by atoms with Crippen molar-refractivity contribution >= 4 is 17.8 Å². The number of nitrogens with one attached hydrogen (secondary N) is 1. The van der Waals surface area contributed by atoms with Crippen molar-refractivity contribution in [2.24, 2.45) is 0 Å². The van der Waals surface area contributed by atoms with Crippen molar-refractivity contribution in [2.45, 2.75) is 6.92 Å². The van der Waals surface area contributed by atoms with E-state index < -0.39 is 5.97 Å². The van der Waals surface area contributed by atoms with Crippen LogP contribution in [0.3, 0.4) is 0 Å². The lowest BCUT2D eigenvalue weighted by Crippen LogP contribution is -2.53. The SMILES string of the molecule is CCOC(=O)CN1CC(=O)NCC1=O. The molecule has 0 aliphatic carbocycles. The van der Waals surface area contributed by atoms with Gasteiger partial charge in [0, 0.05) is 0 Å². The number of piperazine rings is 1. The third kappa shape index (κ3) is 2.72. The van der Waals surface area contributed by atoms with Crippen molar-refractivity contribution in [3.05, 3.63) is 0 Å². The topological polar surface area (TPSA) is 75.7 Å². The molecule has 0 radical (unpaired) electrons. The molecule has 1 fully saturated rings. The Hall–Kier alpha value is -1.59. The first-order valence-corrected chi connectivity index (χ1v) is 4.33. The van der Waals surface area contributed by atoms with Crippen LogP contribution in [0.15, 0.2) is 0 Å². The lowest BCUT2D eigenvalue weighted by Gasteiger charge is -2.25. The molecule has 78 valence electrons. The van der Waals surface area contributed by atoms with E-state index in [9.17, 15) is 14.4 Å². The standard InChI is InChI=1S/C8H12N2O4/c1-2-14-8(13)5-10-4-6(11)9-3-7(10)12/h2-5H2,1H3,(H,9,11). The highest BCUT2D eigenvalue weighted by Crippen LogP contribution is 1.96. The number of hydrogen-bond donors (Lipinski definition) is 1. The minimum absolute atomic E-state index is 0.0434. The van der Waals surface area contributed by atoms with Crippen LogP contribution in [0.2, 0.25) is 0 Å². The average Bonchev–Trinajstić information content (AvgIpc) is 2.12. The number of carbonyl (C=O) groups is 3. The third-order valence-corrected chi connectivity index (χ3v) is 1.75. The lowest BCUT2D eigenvalue weighted by molar-refractivity contribution is -0.151. The van der Waals surface area contributed by atoms with Gasteiger partial charge in [-0.05, 0) is 6.92 Å². The van der Waals surface area contributed by atoms with Crippen molar-refractivity contribution in [2.75, 3.05) is 26.2 Å². The largest absolute Gasteiger partial charge is 0.465 e. The molecule has 0 atom stereocenters. The highest BCUT2D eigenvalue weighted by Gasteiger charge is 2.24. The molecule has 2 amide bonds. The van der Waals surface area contributed by atoms with E-state index in [-0.39, 0.29) is 38.1 Å². The van der Waals surface area contributed by atoms with Crippen molar-refractivity contribution < 1.29 is 19.1 Å². The summed E-state index contributed by atoms with van der Waals surface area (Å²) in [6.45, 7) is 1.69. The maximum Gasteiger partial charge on any atom is 0.325 e. The predicted molar refractivity (Wildman–Crippen MR) is 46.2 cm³/mol. The molecule has 1 saturated heterocycles. The number of nitrogens with zero attached hydrogens (tertiary/aromatic N) is 1. The number of carbonyl (C=O) groups excluding carboxylic acids is 3. The molecule has 1 aliphatic heterocycles. The van der Waals surface area contributed by atoms with Crippen LogP contribution in [-0.2, 0) is 19.1 Å². The Kier molecular flexibility index (Phi) is 3.44. The van der Waals surface area contributed by atoms with Gasteiger partial charge in [-0.3, -0.25) is 14.4 Å². The van der Waals surface area contributed by atoms with E-state index in [4.69, 9.17) is 0 Å². The fourth-order valence-electron chi connectivity index (χ4n) is 1.11. The molecule has 0 bridgehead atoms. The zero-order valence-electron chi connectivity index (χ0n) is 7.91. The summed E-state index contributed by atoms with van der Waals surface area (Å²) >= 11 is 0. The molecular weight excluding hydrogens is 188 g/mol. The maximum absolute atomic E-state index is 11.2. The van der Waals surface area contributed by atoms with Crippen molar-refractivity contribution in [1.29, 1.82) is 0 Å². The second-order valence-electron chi connectivity index (χ2n) is 2.83. The van der Waals surface area contributed by atoms with E-state index in [1.807, 2.05) is 0 Å². The van der Waals surface area contributed by atoms with Crippen molar-refractivity contribution in [1.82, 2.24) is 10.2 Å². The Labute approximate surface area is 81.2 Å². The van der Waals surface area contributed by atoms with Crippen LogP contribution in [0, 0.1) is 0 Å². The van der Waals surface area contributed by atoms with Gasteiger partial charge in [-0.2, -0.15) is 0 Å². The second kappa shape index (κ2) is 4.59. The first kappa shape index (κ1) is 10.5. The summed E-state index contributed by atoms with van der Waals surface area (Å²) in [6, 6.07) is 0. The summed E-state index contributed by atoms with van der Waals surface area (Å²) in [4.78, 5) is 34.3. The van der Waals surface area contributed by atoms with Gasteiger partial charge in [0.1, 0.15) is 13.1 Å². The van der Waals surface area contributed by atoms with Gasteiger partial charge >= 0.3 is 5.97 Å². The van der Waals surface area contributed by atoms with Gasteiger partial charge in [0.25, 0.3) is 0 Å². The van der Waals surface area contributed by atoms with Gasteiger partial charge < -0.3 is 15.0 Å². The number of hydrogen-bond acceptors (Lipinski definition) is 4. The highest BCUT2D eigenvalue weighted by molar-refractivity contribution is 5.94. The zero-order valence-corrected chi connectivity index (χ0v) is 7.91. The minimum Gasteiger partial charge on any atom is -0.465 e. The molecular formula is C8H12N2O4. The minimum atomic E-state index is -0.490. The van der Waals surface area contributed by atoms with Crippen LogP contribution in [0.1, 0.15) is 6.92 Å². The van der Waals surface area contributed by atoms with Crippen molar-refractivity contribution in [3.8, 4) is 0 Å². The summed E-state index contributed by atoms with van der Waals surface area (Å²) in [5.41, 5.74) is 0.